The fourth-order valence-electron chi connectivity index (χ4n) is 2.89. The monoisotopic (exact) mass is 980 g/mol. The first-order valence-electron chi connectivity index (χ1n) is 20.7. The number of carbonyl (C=O) groups excluding carboxylic acids is 8. The highest BCUT2D eigenvalue weighted by Gasteiger charge is 2.37. The molecule has 2 unspecified atom stereocenters. The number of ether oxygens (including phenoxy) is 8. The first kappa shape index (κ1) is 67.8. The minimum absolute atomic E-state index is 0.203. The predicted octanol–water partition coefficient (Wildman–Crippen LogP) is 7.88. The van der Waals surface area contributed by atoms with Crippen molar-refractivity contribution in [3.8, 4) is 0 Å². The van der Waals surface area contributed by atoms with Gasteiger partial charge in [-0.15, -0.1) is 0 Å². The summed E-state index contributed by atoms with van der Waals surface area (Å²) in [6.45, 7) is 17.0. The van der Waals surface area contributed by atoms with E-state index in [0.717, 1.165) is 0 Å². The van der Waals surface area contributed by atoms with Gasteiger partial charge in [-0.25, -0.2) is 19.2 Å². The Labute approximate surface area is 380 Å². The summed E-state index contributed by atoms with van der Waals surface area (Å²) in [6, 6.07) is 0. The van der Waals surface area contributed by atoms with Crippen molar-refractivity contribution < 1.29 is 111 Å². The van der Waals surface area contributed by atoms with Crippen molar-refractivity contribution in [1.82, 2.24) is 0 Å². The van der Waals surface area contributed by atoms with Gasteiger partial charge >= 0.3 is 71.4 Å². The first-order valence-corrected chi connectivity index (χ1v) is 20.7. The van der Waals surface area contributed by atoms with Gasteiger partial charge in [0.25, 0.3) is 0 Å². The van der Waals surface area contributed by atoms with Crippen molar-refractivity contribution >= 4 is 47.8 Å². The topological polar surface area (TPSA) is 210 Å². The highest BCUT2D eigenvalue weighted by molar-refractivity contribution is 5.79. The maximum Gasteiger partial charge on any atom is 0.376 e. The van der Waals surface area contributed by atoms with E-state index in [1.165, 1.54) is 0 Å². The molecule has 0 aromatic heterocycles. The van der Waals surface area contributed by atoms with Crippen LogP contribution in [0.1, 0.15) is 123 Å². The minimum atomic E-state index is -3.52. The van der Waals surface area contributed by atoms with E-state index in [1.807, 2.05) is 27.7 Å². The molecule has 2 atom stereocenters. The van der Waals surface area contributed by atoms with Gasteiger partial charge in [0.2, 0.25) is 0 Å². The molecule has 0 rings (SSSR count). The Morgan fingerprint density at radius 2 is 0.500 bits per heavy atom. The van der Waals surface area contributed by atoms with Gasteiger partial charge in [0.05, 0.1) is 22.7 Å². The summed E-state index contributed by atoms with van der Waals surface area (Å²) in [7, 11) is 0. The zero-order chi connectivity index (χ0) is 52.9. The van der Waals surface area contributed by atoms with Crippen LogP contribution in [-0.2, 0) is 76.3 Å². The molecule has 0 spiro atoms. The average molecular weight is 981 g/mol. The number of halogens is 8. The Balaban J connectivity index is -0.000000388. The number of rotatable bonds is 24. The SMILES string of the molecule is CCC(C)(C)C(=O)OCCOC(=O)C(C)(F)F.CCC(C)(C)C(=O)OCCOC(=O)C(C)(F)F.CCC(C)C(=O)OCCOC(=O)C(C)(F)F.CCC(C)C(=O)OCCOC(=O)C(C)(F)F. The zero-order valence-electron chi connectivity index (χ0n) is 40.2. The lowest BCUT2D eigenvalue weighted by atomic mass is 9.91. The van der Waals surface area contributed by atoms with E-state index in [9.17, 15) is 73.5 Å². The molecule has 388 valence electrons. The van der Waals surface area contributed by atoms with Gasteiger partial charge in [0.1, 0.15) is 52.9 Å². The standard InChI is InChI=1S/2C11H18F2O4.2C10H16F2O4/c2*1-5-10(2,3)8(14)16-6-7-17-9(15)11(4,12)13;2*1-4-7(2)8(13)15-5-6-16-9(14)10(3,11)12/h2*5-7H2,1-4H3;2*7H,4-6H2,1-3H3. The van der Waals surface area contributed by atoms with Crippen LogP contribution in [0.15, 0.2) is 0 Å². The van der Waals surface area contributed by atoms with Crippen molar-refractivity contribution in [3.63, 3.8) is 0 Å². The van der Waals surface area contributed by atoms with Crippen LogP contribution in [0.2, 0.25) is 0 Å². The number of esters is 8. The lowest BCUT2D eigenvalue weighted by Gasteiger charge is -2.20. The van der Waals surface area contributed by atoms with Crippen LogP contribution in [0.4, 0.5) is 35.1 Å². The van der Waals surface area contributed by atoms with Crippen LogP contribution in [0, 0.1) is 22.7 Å². The van der Waals surface area contributed by atoms with E-state index in [2.05, 4.69) is 18.9 Å². The molecular formula is C42H68F8O16. The molecule has 0 N–H and O–H groups in total. The lowest BCUT2D eigenvalue weighted by Crippen LogP contribution is -2.30. The van der Waals surface area contributed by atoms with E-state index >= 15 is 0 Å². The van der Waals surface area contributed by atoms with Crippen LogP contribution in [0.25, 0.3) is 0 Å². The molecule has 0 saturated heterocycles. The molecule has 0 bridgehead atoms. The van der Waals surface area contributed by atoms with Crippen LogP contribution in [0.5, 0.6) is 0 Å². The second-order valence-corrected chi connectivity index (χ2v) is 15.8. The third kappa shape index (κ3) is 33.6. The van der Waals surface area contributed by atoms with Crippen LogP contribution < -0.4 is 0 Å². The van der Waals surface area contributed by atoms with Crippen LogP contribution in [-0.4, -0.2) is 124 Å². The van der Waals surface area contributed by atoms with Crippen molar-refractivity contribution in [3.05, 3.63) is 0 Å². The van der Waals surface area contributed by atoms with Gasteiger partial charge in [0, 0.05) is 27.7 Å². The minimum Gasteiger partial charge on any atom is -0.462 e. The molecule has 16 nitrogen and oxygen atoms in total. The van der Waals surface area contributed by atoms with Gasteiger partial charge in [-0.3, -0.25) is 19.2 Å². The largest absolute Gasteiger partial charge is 0.462 e. The number of carbonyl (C=O) groups is 8. The fraction of sp³-hybridized carbons (Fsp3) is 0.810. The summed E-state index contributed by atoms with van der Waals surface area (Å²) in [5, 5.41) is 0. The van der Waals surface area contributed by atoms with Crippen molar-refractivity contribution in [2.24, 2.45) is 22.7 Å². The molecule has 0 saturated carbocycles. The van der Waals surface area contributed by atoms with E-state index in [-0.39, 0.29) is 64.7 Å². The molecular weight excluding hydrogens is 912 g/mol. The van der Waals surface area contributed by atoms with Gasteiger partial charge in [-0.05, 0) is 53.4 Å². The van der Waals surface area contributed by atoms with Gasteiger partial charge < -0.3 is 37.9 Å². The molecule has 0 aromatic carbocycles. The molecule has 0 radical (unpaired) electrons. The predicted molar refractivity (Wildman–Crippen MR) is 217 cm³/mol. The van der Waals surface area contributed by atoms with E-state index in [1.54, 1.807) is 41.5 Å². The zero-order valence-corrected chi connectivity index (χ0v) is 40.2. The Kier molecular flexibility index (Phi) is 32.9. The Bertz CT molecular complexity index is 1390. The number of alkyl halides is 8. The molecule has 0 aromatic rings. The summed E-state index contributed by atoms with van der Waals surface area (Å²) in [5.74, 6) is -22.8. The quantitative estimate of drug-likeness (QED) is 0.0390. The van der Waals surface area contributed by atoms with E-state index < -0.39 is 82.3 Å². The van der Waals surface area contributed by atoms with Crippen molar-refractivity contribution in [2.75, 3.05) is 52.9 Å². The van der Waals surface area contributed by atoms with Gasteiger partial charge in [-0.2, -0.15) is 35.1 Å². The number of hydrogen-bond donors (Lipinski definition) is 0. The van der Waals surface area contributed by atoms with E-state index in [0.29, 0.717) is 53.4 Å². The maximum absolute atomic E-state index is 12.4. The summed E-state index contributed by atoms with van der Waals surface area (Å²) >= 11 is 0. The first-order chi connectivity index (χ1) is 29.8. The highest BCUT2D eigenvalue weighted by atomic mass is 19.3. The third-order valence-corrected chi connectivity index (χ3v) is 8.56. The Morgan fingerprint density at radius 1 is 0.333 bits per heavy atom. The van der Waals surface area contributed by atoms with Crippen molar-refractivity contribution in [1.29, 1.82) is 0 Å². The van der Waals surface area contributed by atoms with Gasteiger partial charge in [0.15, 0.2) is 0 Å². The molecule has 0 aliphatic rings. The smallest absolute Gasteiger partial charge is 0.376 e. The lowest BCUT2D eigenvalue weighted by molar-refractivity contribution is -0.173. The summed E-state index contributed by atoms with van der Waals surface area (Å²) in [5.41, 5.74) is -1.25. The normalized spacial score (nSPS) is 12.6. The van der Waals surface area contributed by atoms with Crippen LogP contribution in [0.3, 0.4) is 0 Å². The Morgan fingerprint density at radius 3 is 0.652 bits per heavy atom. The maximum atomic E-state index is 12.4. The third-order valence-electron chi connectivity index (χ3n) is 8.56. The van der Waals surface area contributed by atoms with Crippen molar-refractivity contribution in [2.45, 2.75) is 146 Å². The second kappa shape index (κ2) is 32.0. The van der Waals surface area contributed by atoms with Crippen LogP contribution >= 0.6 is 0 Å². The summed E-state index contributed by atoms with van der Waals surface area (Å²) in [4.78, 5) is 87.5. The second-order valence-electron chi connectivity index (χ2n) is 15.8. The summed E-state index contributed by atoms with van der Waals surface area (Å²) < 4.78 is 135. The molecule has 0 heterocycles. The van der Waals surface area contributed by atoms with Gasteiger partial charge in [-0.1, -0.05) is 41.5 Å². The molecule has 0 aliphatic heterocycles. The molecule has 0 fully saturated rings. The summed E-state index contributed by atoms with van der Waals surface area (Å²) in [6.07, 6.45) is 2.45. The Hall–Kier alpha value is -4.80. The molecule has 0 amide bonds. The fourth-order valence-corrected chi connectivity index (χ4v) is 2.89. The molecule has 0 aliphatic carbocycles. The molecule has 24 heteroatoms. The highest BCUT2D eigenvalue weighted by Crippen LogP contribution is 2.23. The van der Waals surface area contributed by atoms with E-state index in [4.69, 9.17) is 18.9 Å². The number of hydrogen-bond acceptors (Lipinski definition) is 16. The molecule has 66 heavy (non-hydrogen) atoms. The average Bonchev–Trinajstić information content (AvgIpc) is 3.21.